The number of hydrogen-bond acceptors (Lipinski definition) is 2. The second kappa shape index (κ2) is 17.3. The molecule has 0 saturated heterocycles. The van der Waals surface area contributed by atoms with E-state index in [1.54, 1.807) is 0 Å². The molecule has 0 bridgehead atoms. The molecule has 0 saturated carbocycles. The standard InChI is InChI=1S/C34H52N2/c1-7-11-15-17-29-24-30(18-16-12-8-2)26-32(25-29)36-34(20-14-10-4)33(19-13-9-3)35-31-22-21-27(5)28(6)23-31/h21-26H,7-20H2,1-6H3. The van der Waals surface area contributed by atoms with Gasteiger partial charge < -0.3 is 0 Å². The minimum absolute atomic E-state index is 0.992. The van der Waals surface area contributed by atoms with E-state index in [-0.39, 0.29) is 0 Å². The lowest BCUT2D eigenvalue weighted by Gasteiger charge is -2.13. The highest BCUT2D eigenvalue weighted by Gasteiger charge is 2.12. The van der Waals surface area contributed by atoms with Gasteiger partial charge in [-0.2, -0.15) is 0 Å². The summed E-state index contributed by atoms with van der Waals surface area (Å²) in [7, 11) is 0. The smallest absolute Gasteiger partial charge is 0.0639 e. The lowest BCUT2D eigenvalue weighted by molar-refractivity contribution is 0.709. The SMILES string of the molecule is CCCCCc1cc(CCCCC)cc(N=C(CCCC)C(CCCC)=Nc2ccc(C)c(C)c2)c1. The topological polar surface area (TPSA) is 24.7 Å². The van der Waals surface area contributed by atoms with Crippen molar-refractivity contribution in [2.45, 2.75) is 131 Å². The Morgan fingerprint density at radius 2 is 1.03 bits per heavy atom. The maximum absolute atomic E-state index is 5.35. The van der Waals surface area contributed by atoms with E-state index in [1.165, 1.54) is 85.0 Å². The molecule has 0 atom stereocenters. The van der Waals surface area contributed by atoms with Gasteiger partial charge in [-0.1, -0.05) is 78.4 Å². The van der Waals surface area contributed by atoms with Gasteiger partial charge in [0.15, 0.2) is 0 Å². The average Bonchev–Trinajstić information content (AvgIpc) is 2.87. The van der Waals surface area contributed by atoms with Crippen LogP contribution in [0.25, 0.3) is 0 Å². The summed E-state index contributed by atoms with van der Waals surface area (Å²) < 4.78 is 0. The van der Waals surface area contributed by atoms with Crippen LogP contribution in [-0.4, -0.2) is 11.4 Å². The molecule has 198 valence electrons. The van der Waals surface area contributed by atoms with E-state index in [1.807, 2.05) is 0 Å². The van der Waals surface area contributed by atoms with Crippen molar-refractivity contribution in [3.05, 3.63) is 58.7 Å². The summed E-state index contributed by atoms with van der Waals surface area (Å²) in [4.78, 5) is 10.5. The molecule has 0 heterocycles. The predicted molar refractivity (Wildman–Crippen MR) is 162 cm³/mol. The first kappa shape index (κ1) is 30.0. The quantitative estimate of drug-likeness (QED) is 0.156. The number of aryl methyl sites for hydroxylation is 4. The minimum Gasteiger partial charge on any atom is -0.252 e. The van der Waals surface area contributed by atoms with Crippen molar-refractivity contribution in [3.8, 4) is 0 Å². The summed E-state index contributed by atoms with van der Waals surface area (Å²) in [6.07, 6.45) is 16.6. The summed E-state index contributed by atoms with van der Waals surface area (Å²) in [5.41, 5.74) is 10.1. The third-order valence-electron chi connectivity index (χ3n) is 7.06. The van der Waals surface area contributed by atoms with E-state index in [4.69, 9.17) is 9.98 Å². The Morgan fingerprint density at radius 3 is 1.50 bits per heavy atom. The maximum atomic E-state index is 5.35. The normalized spacial score (nSPS) is 12.4. The number of hydrogen-bond donors (Lipinski definition) is 0. The van der Waals surface area contributed by atoms with Gasteiger partial charge in [0.05, 0.1) is 22.8 Å². The Morgan fingerprint density at radius 1 is 0.528 bits per heavy atom. The fourth-order valence-corrected chi connectivity index (χ4v) is 4.58. The van der Waals surface area contributed by atoms with Gasteiger partial charge in [0, 0.05) is 0 Å². The zero-order valence-corrected chi connectivity index (χ0v) is 24.3. The van der Waals surface area contributed by atoms with E-state index in [2.05, 4.69) is 77.9 Å². The van der Waals surface area contributed by atoms with E-state index >= 15 is 0 Å². The first-order valence-corrected chi connectivity index (χ1v) is 14.9. The van der Waals surface area contributed by atoms with Gasteiger partial charge in [-0.05, 0) is 112 Å². The van der Waals surface area contributed by atoms with Crippen LogP contribution in [0.15, 0.2) is 46.4 Å². The molecule has 0 aromatic heterocycles. The van der Waals surface area contributed by atoms with Crippen molar-refractivity contribution in [2.24, 2.45) is 9.98 Å². The third-order valence-corrected chi connectivity index (χ3v) is 7.06. The largest absolute Gasteiger partial charge is 0.252 e. The highest BCUT2D eigenvalue weighted by molar-refractivity contribution is 6.43. The molecule has 0 radical (unpaired) electrons. The van der Waals surface area contributed by atoms with Gasteiger partial charge in [-0.3, -0.25) is 9.98 Å². The summed E-state index contributed by atoms with van der Waals surface area (Å²) in [5.74, 6) is 0. The number of aliphatic imine (C=N–C) groups is 2. The summed E-state index contributed by atoms with van der Waals surface area (Å²) in [5, 5.41) is 0. The number of benzene rings is 2. The first-order valence-electron chi connectivity index (χ1n) is 14.9. The lowest BCUT2D eigenvalue weighted by Crippen LogP contribution is -2.14. The molecule has 2 rings (SSSR count). The number of unbranched alkanes of at least 4 members (excludes halogenated alkanes) is 6. The van der Waals surface area contributed by atoms with Crippen LogP contribution in [-0.2, 0) is 12.8 Å². The fourth-order valence-electron chi connectivity index (χ4n) is 4.58. The Labute approximate surface area is 222 Å². The molecule has 0 spiro atoms. The molecule has 0 N–H and O–H groups in total. The fraction of sp³-hybridized carbons (Fsp3) is 0.588. The highest BCUT2D eigenvalue weighted by atomic mass is 14.8. The Balaban J connectivity index is 2.50. The lowest BCUT2D eigenvalue weighted by atomic mass is 9.99. The van der Waals surface area contributed by atoms with E-state index < -0.39 is 0 Å². The molecule has 0 unspecified atom stereocenters. The van der Waals surface area contributed by atoms with Crippen LogP contribution in [0.3, 0.4) is 0 Å². The van der Waals surface area contributed by atoms with Crippen molar-refractivity contribution >= 4 is 22.8 Å². The van der Waals surface area contributed by atoms with Crippen LogP contribution in [0.5, 0.6) is 0 Å². The second-order valence-electron chi connectivity index (χ2n) is 10.5. The van der Waals surface area contributed by atoms with E-state index in [0.717, 1.165) is 49.9 Å². The predicted octanol–water partition coefficient (Wildman–Crippen LogP) is 11.0. The van der Waals surface area contributed by atoms with Crippen LogP contribution in [0.2, 0.25) is 0 Å². The Bertz CT molecular complexity index is 939. The molecule has 2 heteroatoms. The molecule has 36 heavy (non-hydrogen) atoms. The molecule has 0 aliphatic heterocycles. The molecule has 2 aromatic carbocycles. The third kappa shape index (κ3) is 10.8. The molecular weight excluding hydrogens is 436 g/mol. The van der Waals surface area contributed by atoms with Gasteiger partial charge in [-0.15, -0.1) is 0 Å². The second-order valence-corrected chi connectivity index (χ2v) is 10.5. The summed E-state index contributed by atoms with van der Waals surface area (Å²) in [6, 6.07) is 13.7. The molecule has 0 aliphatic rings. The maximum Gasteiger partial charge on any atom is 0.0639 e. The molecule has 2 nitrogen and oxygen atoms in total. The van der Waals surface area contributed by atoms with Crippen molar-refractivity contribution < 1.29 is 0 Å². The van der Waals surface area contributed by atoms with Crippen LogP contribution >= 0.6 is 0 Å². The molecular formula is C34H52N2. The average molecular weight is 489 g/mol. The van der Waals surface area contributed by atoms with Gasteiger partial charge in [0.1, 0.15) is 0 Å². The Kier molecular flexibility index (Phi) is 14.4. The number of nitrogens with zero attached hydrogens (tertiary/aromatic N) is 2. The van der Waals surface area contributed by atoms with Crippen LogP contribution in [0.4, 0.5) is 11.4 Å². The van der Waals surface area contributed by atoms with Crippen LogP contribution in [0.1, 0.15) is 127 Å². The molecule has 0 aliphatic carbocycles. The summed E-state index contributed by atoms with van der Waals surface area (Å²) >= 11 is 0. The van der Waals surface area contributed by atoms with Crippen molar-refractivity contribution in [3.63, 3.8) is 0 Å². The van der Waals surface area contributed by atoms with Crippen molar-refractivity contribution in [1.29, 1.82) is 0 Å². The Hall–Kier alpha value is -2.22. The van der Waals surface area contributed by atoms with E-state index in [0.29, 0.717) is 0 Å². The zero-order valence-electron chi connectivity index (χ0n) is 24.3. The minimum atomic E-state index is 0.992. The summed E-state index contributed by atoms with van der Waals surface area (Å²) in [6.45, 7) is 13.4. The molecule has 0 amide bonds. The highest BCUT2D eigenvalue weighted by Crippen LogP contribution is 2.25. The molecule has 2 aromatic rings. The first-order chi connectivity index (χ1) is 17.5. The monoisotopic (exact) mass is 488 g/mol. The van der Waals surface area contributed by atoms with Crippen LogP contribution < -0.4 is 0 Å². The van der Waals surface area contributed by atoms with Crippen LogP contribution in [0, 0.1) is 13.8 Å². The van der Waals surface area contributed by atoms with Crippen molar-refractivity contribution in [1.82, 2.24) is 0 Å². The van der Waals surface area contributed by atoms with Gasteiger partial charge >= 0.3 is 0 Å². The zero-order chi connectivity index (χ0) is 26.2. The van der Waals surface area contributed by atoms with Gasteiger partial charge in [-0.25, -0.2) is 0 Å². The van der Waals surface area contributed by atoms with Gasteiger partial charge in [0.2, 0.25) is 0 Å². The van der Waals surface area contributed by atoms with Crippen molar-refractivity contribution in [2.75, 3.05) is 0 Å². The molecule has 0 fully saturated rings. The number of rotatable bonds is 17. The van der Waals surface area contributed by atoms with E-state index in [9.17, 15) is 0 Å². The van der Waals surface area contributed by atoms with Gasteiger partial charge in [0.25, 0.3) is 0 Å².